The quantitative estimate of drug-likeness (QED) is 0.782. The molecular weight excluding hydrogens is 327 g/mol. The molecule has 0 aliphatic carbocycles. The molecule has 1 fully saturated rings. The molecule has 0 amide bonds. The van der Waals surface area contributed by atoms with Crippen molar-refractivity contribution in [2.75, 3.05) is 18.0 Å². The first kappa shape index (κ1) is 15.5. The number of hydrogen-bond donors (Lipinski definition) is 1. The average Bonchev–Trinajstić information content (AvgIpc) is 3.05. The monoisotopic (exact) mass is 342 g/mol. The summed E-state index contributed by atoms with van der Waals surface area (Å²) in [4.78, 5) is 21.3. The normalized spacial score (nSPS) is 15.6. The average molecular weight is 342 g/mol. The molecule has 4 rings (SSSR count). The minimum absolute atomic E-state index is 0.0170. The largest absolute Gasteiger partial charge is 0.477 e. The fraction of sp³-hybridized carbons (Fsp3) is 0.294. The number of hydrogen-bond acceptors (Lipinski definition) is 6. The van der Waals surface area contributed by atoms with Crippen LogP contribution in [0.4, 0.5) is 10.3 Å². The molecule has 0 saturated carbocycles. The van der Waals surface area contributed by atoms with Gasteiger partial charge in [0.15, 0.2) is 11.3 Å². The highest BCUT2D eigenvalue weighted by molar-refractivity contribution is 5.85. The van der Waals surface area contributed by atoms with E-state index in [4.69, 9.17) is 9.63 Å². The third-order valence-corrected chi connectivity index (χ3v) is 4.49. The summed E-state index contributed by atoms with van der Waals surface area (Å²) < 4.78 is 18.5. The predicted molar refractivity (Wildman–Crippen MR) is 87.1 cm³/mol. The molecule has 3 heterocycles. The van der Waals surface area contributed by atoms with Crippen LogP contribution in [-0.2, 0) is 0 Å². The van der Waals surface area contributed by atoms with E-state index in [1.54, 1.807) is 6.07 Å². The van der Waals surface area contributed by atoms with E-state index in [9.17, 15) is 9.18 Å². The zero-order valence-corrected chi connectivity index (χ0v) is 13.2. The van der Waals surface area contributed by atoms with Crippen LogP contribution in [-0.4, -0.2) is 39.3 Å². The van der Waals surface area contributed by atoms with Crippen molar-refractivity contribution in [3.8, 4) is 0 Å². The number of carbonyl (C=O) groups is 1. The van der Waals surface area contributed by atoms with Crippen molar-refractivity contribution in [3.05, 3.63) is 47.7 Å². The zero-order valence-electron chi connectivity index (χ0n) is 13.2. The maximum Gasteiger partial charge on any atom is 0.354 e. The Morgan fingerprint density at radius 3 is 2.84 bits per heavy atom. The smallest absolute Gasteiger partial charge is 0.354 e. The number of aromatic nitrogens is 3. The Balaban J connectivity index is 1.51. The molecule has 25 heavy (non-hydrogen) atoms. The molecule has 1 aliphatic rings. The van der Waals surface area contributed by atoms with Crippen LogP contribution < -0.4 is 4.90 Å². The first-order valence-corrected chi connectivity index (χ1v) is 7.98. The lowest BCUT2D eigenvalue weighted by molar-refractivity contribution is 0.0690. The van der Waals surface area contributed by atoms with Crippen molar-refractivity contribution < 1.29 is 18.8 Å². The molecule has 0 bridgehead atoms. The van der Waals surface area contributed by atoms with Gasteiger partial charge in [-0.2, -0.15) is 0 Å². The lowest BCUT2D eigenvalue weighted by atomic mass is 9.92. The fourth-order valence-corrected chi connectivity index (χ4v) is 3.20. The lowest BCUT2D eigenvalue weighted by Crippen LogP contribution is -2.34. The maximum absolute atomic E-state index is 13.3. The zero-order chi connectivity index (χ0) is 17.4. The van der Waals surface area contributed by atoms with Gasteiger partial charge in [-0.05, 0) is 31.0 Å². The Kier molecular flexibility index (Phi) is 3.79. The maximum atomic E-state index is 13.3. The van der Waals surface area contributed by atoms with Crippen LogP contribution in [0.2, 0.25) is 0 Å². The summed E-state index contributed by atoms with van der Waals surface area (Å²) in [6.07, 6.45) is 3.07. The molecule has 1 N–H and O–H groups in total. The van der Waals surface area contributed by atoms with E-state index in [2.05, 4.69) is 15.1 Å². The van der Waals surface area contributed by atoms with Crippen LogP contribution >= 0.6 is 0 Å². The van der Waals surface area contributed by atoms with Crippen LogP contribution in [0.1, 0.15) is 34.9 Å². The van der Waals surface area contributed by atoms with E-state index < -0.39 is 5.97 Å². The Labute approximate surface area is 142 Å². The molecule has 1 saturated heterocycles. The van der Waals surface area contributed by atoms with Crippen LogP contribution in [0.25, 0.3) is 11.0 Å². The summed E-state index contributed by atoms with van der Waals surface area (Å²) in [6, 6.07) is 5.82. The Morgan fingerprint density at radius 1 is 1.28 bits per heavy atom. The molecule has 1 aromatic carbocycles. The number of fused-ring (bicyclic) bond motifs is 1. The van der Waals surface area contributed by atoms with E-state index in [0.29, 0.717) is 24.6 Å². The van der Waals surface area contributed by atoms with Crippen LogP contribution in [0, 0.1) is 5.82 Å². The van der Waals surface area contributed by atoms with Gasteiger partial charge in [0.2, 0.25) is 5.95 Å². The third-order valence-electron chi connectivity index (χ3n) is 4.49. The van der Waals surface area contributed by atoms with E-state index in [1.807, 2.05) is 4.90 Å². The summed E-state index contributed by atoms with van der Waals surface area (Å²) in [7, 11) is 0. The van der Waals surface area contributed by atoms with E-state index >= 15 is 0 Å². The number of carboxylic acid groups (broad SMARTS) is 1. The highest BCUT2D eigenvalue weighted by Gasteiger charge is 2.26. The van der Waals surface area contributed by atoms with Gasteiger partial charge in [-0.15, -0.1) is 0 Å². The van der Waals surface area contributed by atoms with Gasteiger partial charge in [-0.25, -0.2) is 19.2 Å². The summed E-state index contributed by atoms with van der Waals surface area (Å²) in [5, 5.41) is 14.0. The minimum atomic E-state index is -1.07. The number of aromatic carboxylic acids is 1. The number of benzene rings is 1. The lowest BCUT2D eigenvalue weighted by Gasteiger charge is -2.31. The van der Waals surface area contributed by atoms with Crippen LogP contribution in [0.3, 0.4) is 0 Å². The molecule has 0 atom stereocenters. The van der Waals surface area contributed by atoms with Gasteiger partial charge in [0.25, 0.3) is 0 Å². The van der Waals surface area contributed by atoms with Crippen molar-refractivity contribution in [2.45, 2.75) is 18.8 Å². The first-order valence-electron chi connectivity index (χ1n) is 7.98. The first-order chi connectivity index (χ1) is 12.1. The van der Waals surface area contributed by atoms with Gasteiger partial charge < -0.3 is 14.5 Å². The number of halogens is 1. The summed E-state index contributed by atoms with van der Waals surface area (Å²) in [6.45, 7) is 1.37. The number of piperidine rings is 1. The van der Waals surface area contributed by atoms with E-state index in [1.165, 1.54) is 24.4 Å². The van der Waals surface area contributed by atoms with Gasteiger partial charge >= 0.3 is 5.97 Å². The standard InChI is InChI=1S/C17H15FN4O3/c18-11-1-2-12-14(9-11)25-21-15(12)10-4-7-22(8-5-10)17-19-6-3-13(20-17)16(23)24/h1-3,6,9-10H,4-5,7-8H2,(H,23,24). The topological polar surface area (TPSA) is 92.3 Å². The van der Waals surface area contributed by atoms with Crippen molar-refractivity contribution in [2.24, 2.45) is 0 Å². The molecule has 2 aromatic heterocycles. The van der Waals surface area contributed by atoms with Gasteiger partial charge in [0.1, 0.15) is 5.82 Å². The number of anilines is 1. The predicted octanol–water partition coefficient (Wildman–Crippen LogP) is 2.84. The minimum Gasteiger partial charge on any atom is -0.477 e. The Bertz CT molecular complexity index is 935. The highest BCUT2D eigenvalue weighted by Crippen LogP contribution is 2.33. The summed E-state index contributed by atoms with van der Waals surface area (Å²) >= 11 is 0. The van der Waals surface area contributed by atoms with Crippen molar-refractivity contribution in [3.63, 3.8) is 0 Å². The molecule has 128 valence electrons. The number of carboxylic acids is 1. The van der Waals surface area contributed by atoms with Gasteiger partial charge in [-0.3, -0.25) is 0 Å². The number of nitrogens with zero attached hydrogens (tertiary/aromatic N) is 4. The molecule has 1 aliphatic heterocycles. The summed E-state index contributed by atoms with van der Waals surface area (Å²) in [5.74, 6) is -0.795. The van der Waals surface area contributed by atoms with Gasteiger partial charge in [0.05, 0.1) is 5.69 Å². The molecule has 0 spiro atoms. The molecule has 0 unspecified atom stereocenters. The summed E-state index contributed by atoms with van der Waals surface area (Å²) in [5.41, 5.74) is 1.28. The third kappa shape index (κ3) is 2.90. The van der Waals surface area contributed by atoms with Crippen LogP contribution in [0.5, 0.6) is 0 Å². The van der Waals surface area contributed by atoms with E-state index in [0.717, 1.165) is 23.9 Å². The number of rotatable bonds is 3. The second kappa shape index (κ2) is 6.12. The molecule has 8 heteroatoms. The van der Waals surface area contributed by atoms with Crippen LogP contribution in [0.15, 0.2) is 35.0 Å². The van der Waals surface area contributed by atoms with Crippen molar-refractivity contribution >= 4 is 22.9 Å². The van der Waals surface area contributed by atoms with Crippen molar-refractivity contribution in [1.82, 2.24) is 15.1 Å². The molecule has 3 aromatic rings. The molecular formula is C17H15FN4O3. The second-order valence-electron chi connectivity index (χ2n) is 6.02. The Hall–Kier alpha value is -3.03. The highest BCUT2D eigenvalue weighted by atomic mass is 19.1. The second-order valence-corrected chi connectivity index (χ2v) is 6.02. The Morgan fingerprint density at radius 2 is 2.08 bits per heavy atom. The SMILES string of the molecule is O=C(O)c1ccnc(N2CCC(c3noc4cc(F)ccc34)CC2)n1. The van der Waals surface area contributed by atoms with Crippen molar-refractivity contribution in [1.29, 1.82) is 0 Å². The molecule has 7 nitrogen and oxygen atoms in total. The molecule has 0 radical (unpaired) electrons. The van der Waals surface area contributed by atoms with Gasteiger partial charge in [-0.1, -0.05) is 5.16 Å². The van der Waals surface area contributed by atoms with Gasteiger partial charge in [0, 0.05) is 36.7 Å². The van der Waals surface area contributed by atoms with E-state index in [-0.39, 0.29) is 17.4 Å². The fourth-order valence-electron chi connectivity index (χ4n) is 3.20.